The van der Waals surface area contributed by atoms with E-state index in [-0.39, 0.29) is 17.4 Å². The molecule has 1 heterocycles. The van der Waals surface area contributed by atoms with E-state index in [9.17, 15) is 13.2 Å². The number of aryl methyl sites for hydroxylation is 1. The van der Waals surface area contributed by atoms with Gasteiger partial charge in [-0.3, -0.25) is 0 Å². The second kappa shape index (κ2) is 5.28. The van der Waals surface area contributed by atoms with Crippen LogP contribution in [0.1, 0.15) is 12.5 Å². The van der Waals surface area contributed by atoms with Crippen molar-refractivity contribution in [1.29, 1.82) is 0 Å². The van der Waals surface area contributed by atoms with E-state index in [4.69, 9.17) is 4.74 Å². The first-order valence-electron chi connectivity index (χ1n) is 6.28. The van der Waals surface area contributed by atoms with Gasteiger partial charge in [-0.1, -0.05) is 30.7 Å². The fourth-order valence-electron chi connectivity index (χ4n) is 2.13. The molecule has 2 atom stereocenters. The van der Waals surface area contributed by atoms with Gasteiger partial charge in [-0.2, -0.15) is 4.31 Å². The lowest BCUT2D eigenvalue weighted by atomic mass is 10.0. The van der Waals surface area contributed by atoms with Crippen molar-refractivity contribution in [3.63, 3.8) is 0 Å². The number of benzene rings is 1. The second-order valence-corrected chi connectivity index (χ2v) is 6.71. The average molecular weight is 295 g/mol. The van der Waals surface area contributed by atoms with Gasteiger partial charge in [0.2, 0.25) is 0 Å². The predicted molar refractivity (Wildman–Crippen MR) is 74.7 cm³/mol. The number of ether oxygens (including phenoxy) is 1. The monoisotopic (exact) mass is 295 g/mol. The highest BCUT2D eigenvalue weighted by atomic mass is 32.2. The van der Waals surface area contributed by atoms with Crippen LogP contribution < -0.4 is 0 Å². The highest BCUT2D eigenvalue weighted by Crippen LogP contribution is 2.27. The summed E-state index contributed by atoms with van der Waals surface area (Å²) < 4.78 is 30.9. The van der Waals surface area contributed by atoms with Crippen molar-refractivity contribution in [2.75, 3.05) is 6.61 Å². The first-order valence-corrected chi connectivity index (χ1v) is 7.72. The molecule has 5 nitrogen and oxygen atoms in total. The number of hydrogen-bond acceptors (Lipinski definition) is 4. The summed E-state index contributed by atoms with van der Waals surface area (Å²) in [4.78, 5) is 11.9. The van der Waals surface area contributed by atoms with Gasteiger partial charge in [-0.05, 0) is 19.1 Å². The van der Waals surface area contributed by atoms with Crippen molar-refractivity contribution in [3.8, 4) is 0 Å². The lowest BCUT2D eigenvalue weighted by molar-refractivity contribution is 0.0601. The standard InChI is InChI=1S/C14H17NO4S/c1-4-13-11(3)9-19-14(16)15(13)20(17,18)12-7-5-10(2)6-8-12/h4-8,11,13H,1,9H2,2-3H3/t11-,13+/m0/s1. The summed E-state index contributed by atoms with van der Waals surface area (Å²) in [6.45, 7) is 7.49. The first kappa shape index (κ1) is 14.6. The number of carbonyl (C=O) groups excluding carboxylic acids is 1. The van der Waals surface area contributed by atoms with Crippen LogP contribution in [0.15, 0.2) is 41.8 Å². The van der Waals surface area contributed by atoms with Crippen molar-refractivity contribution in [1.82, 2.24) is 4.31 Å². The van der Waals surface area contributed by atoms with Gasteiger partial charge >= 0.3 is 6.09 Å². The van der Waals surface area contributed by atoms with Crippen molar-refractivity contribution in [2.45, 2.75) is 24.8 Å². The molecule has 6 heteroatoms. The van der Waals surface area contributed by atoms with Gasteiger partial charge in [0.15, 0.2) is 0 Å². The molecule has 0 saturated carbocycles. The minimum absolute atomic E-state index is 0.0704. The number of rotatable bonds is 3. The minimum atomic E-state index is -3.93. The van der Waals surface area contributed by atoms with Crippen LogP contribution in [-0.2, 0) is 14.8 Å². The molecule has 0 radical (unpaired) electrons. The number of hydrogen-bond donors (Lipinski definition) is 0. The third-order valence-electron chi connectivity index (χ3n) is 3.32. The van der Waals surface area contributed by atoms with Crippen molar-refractivity contribution in [2.24, 2.45) is 5.92 Å². The van der Waals surface area contributed by atoms with Gasteiger partial charge in [0.1, 0.15) is 0 Å². The van der Waals surface area contributed by atoms with Crippen LogP contribution >= 0.6 is 0 Å². The highest BCUT2D eigenvalue weighted by molar-refractivity contribution is 7.89. The maximum Gasteiger partial charge on any atom is 0.424 e. The molecule has 0 spiro atoms. The van der Waals surface area contributed by atoms with E-state index in [0.717, 1.165) is 9.87 Å². The number of amides is 1. The molecular weight excluding hydrogens is 278 g/mol. The van der Waals surface area contributed by atoms with E-state index in [2.05, 4.69) is 6.58 Å². The van der Waals surface area contributed by atoms with Gasteiger partial charge in [-0.15, -0.1) is 6.58 Å². The Morgan fingerprint density at radius 2 is 1.95 bits per heavy atom. The van der Waals surface area contributed by atoms with Gasteiger partial charge in [0.05, 0.1) is 17.5 Å². The lowest BCUT2D eigenvalue weighted by Crippen LogP contribution is -2.52. The molecule has 20 heavy (non-hydrogen) atoms. The fourth-order valence-corrected chi connectivity index (χ4v) is 3.70. The predicted octanol–water partition coefficient (Wildman–Crippen LogP) is 2.33. The van der Waals surface area contributed by atoms with E-state index >= 15 is 0 Å². The zero-order valence-corrected chi connectivity index (χ0v) is 12.3. The van der Waals surface area contributed by atoms with Crippen LogP contribution in [0.3, 0.4) is 0 Å². The fraction of sp³-hybridized carbons (Fsp3) is 0.357. The number of carbonyl (C=O) groups is 1. The molecular formula is C14H17NO4S. The summed E-state index contributed by atoms with van der Waals surface area (Å²) in [5.41, 5.74) is 0.943. The number of sulfonamides is 1. The lowest BCUT2D eigenvalue weighted by Gasteiger charge is -2.36. The smallest absolute Gasteiger partial charge is 0.424 e. The minimum Gasteiger partial charge on any atom is -0.448 e. The molecule has 1 amide bonds. The summed E-state index contributed by atoms with van der Waals surface area (Å²) in [6.07, 6.45) is 0.616. The Morgan fingerprint density at radius 3 is 2.50 bits per heavy atom. The largest absolute Gasteiger partial charge is 0.448 e. The molecule has 0 N–H and O–H groups in total. The highest BCUT2D eigenvalue weighted by Gasteiger charge is 2.41. The molecule has 1 aliphatic heterocycles. The van der Waals surface area contributed by atoms with Gasteiger partial charge in [0.25, 0.3) is 10.0 Å². The van der Waals surface area contributed by atoms with Crippen LogP contribution in [0, 0.1) is 12.8 Å². The zero-order chi connectivity index (χ0) is 14.9. The summed E-state index contributed by atoms with van der Waals surface area (Å²) in [7, 11) is -3.93. The molecule has 0 aliphatic carbocycles. The average Bonchev–Trinajstić information content (AvgIpc) is 2.41. The van der Waals surface area contributed by atoms with Gasteiger partial charge < -0.3 is 4.74 Å². The van der Waals surface area contributed by atoms with E-state index < -0.39 is 22.2 Å². The molecule has 0 bridgehead atoms. The molecule has 0 aromatic heterocycles. The Morgan fingerprint density at radius 1 is 1.35 bits per heavy atom. The van der Waals surface area contributed by atoms with Crippen molar-refractivity contribution < 1.29 is 17.9 Å². The Hall–Kier alpha value is -1.82. The van der Waals surface area contributed by atoms with Crippen LogP contribution in [-0.4, -0.2) is 31.5 Å². The van der Waals surface area contributed by atoms with Crippen molar-refractivity contribution >= 4 is 16.1 Å². The molecule has 2 rings (SSSR count). The van der Waals surface area contributed by atoms with E-state index in [0.29, 0.717) is 0 Å². The van der Waals surface area contributed by atoms with E-state index in [1.165, 1.54) is 18.2 Å². The SMILES string of the molecule is C=C[C@@H]1[C@@H](C)COC(=O)N1S(=O)(=O)c1ccc(C)cc1. The normalized spacial score (nSPS) is 23.3. The molecule has 0 unspecified atom stereocenters. The summed E-state index contributed by atoms with van der Waals surface area (Å²) in [5, 5.41) is 0. The van der Waals surface area contributed by atoms with Gasteiger partial charge in [0, 0.05) is 5.92 Å². The maximum absolute atomic E-state index is 12.6. The Bertz CT molecular complexity index is 621. The van der Waals surface area contributed by atoms with Crippen LogP contribution in [0.5, 0.6) is 0 Å². The Kier molecular flexibility index (Phi) is 3.85. The molecule has 1 aromatic carbocycles. The molecule has 1 fully saturated rings. The quantitative estimate of drug-likeness (QED) is 0.803. The molecule has 1 aromatic rings. The zero-order valence-electron chi connectivity index (χ0n) is 11.4. The summed E-state index contributed by atoms with van der Waals surface area (Å²) in [5.74, 6) is -0.134. The number of cyclic esters (lactones) is 1. The Balaban J connectivity index is 2.47. The molecule has 1 saturated heterocycles. The van der Waals surface area contributed by atoms with Crippen LogP contribution in [0.2, 0.25) is 0 Å². The van der Waals surface area contributed by atoms with Crippen LogP contribution in [0.4, 0.5) is 4.79 Å². The Labute approximate surface area is 118 Å². The van der Waals surface area contributed by atoms with Gasteiger partial charge in [-0.25, -0.2) is 13.2 Å². The molecule has 108 valence electrons. The summed E-state index contributed by atoms with van der Waals surface area (Å²) >= 11 is 0. The van der Waals surface area contributed by atoms with Crippen LogP contribution in [0.25, 0.3) is 0 Å². The maximum atomic E-state index is 12.6. The third-order valence-corrected chi connectivity index (χ3v) is 5.10. The van der Waals surface area contributed by atoms with E-state index in [1.54, 1.807) is 12.1 Å². The van der Waals surface area contributed by atoms with E-state index in [1.807, 2.05) is 13.8 Å². The number of nitrogens with zero attached hydrogens (tertiary/aromatic N) is 1. The van der Waals surface area contributed by atoms with Crippen molar-refractivity contribution in [3.05, 3.63) is 42.5 Å². The molecule has 1 aliphatic rings. The first-order chi connectivity index (χ1) is 9.37. The topological polar surface area (TPSA) is 63.7 Å². The third kappa shape index (κ3) is 2.43. The second-order valence-electron chi connectivity index (χ2n) is 4.89. The summed E-state index contributed by atoms with van der Waals surface area (Å²) in [6, 6.07) is 5.75.